The second-order valence-electron chi connectivity index (χ2n) is 10.4. The van der Waals surface area contributed by atoms with E-state index in [1.54, 1.807) is 13.2 Å². The van der Waals surface area contributed by atoms with E-state index in [1.165, 1.54) is 5.01 Å². The van der Waals surface area contributed by atoms with Gasteiger partial charge in [0, 0.05) is 36.1 Å². The minimum atomic E-state index is -0.308. The number of fused-ring (bicyclic) bond motifs is 1. The number of nitrogens with zero attached hydrogens (tertiary/aromatic N) is 3. The van der Waals surface area contributed by atoms with Crippen molar-refractivity contribution in [3.05, 3.63) is 34.4 Å². The minimum Gasteiger partial charge on any atom is -0.493 e. The highest BCUT2D eigenvalue weighted by molar-refractivity contribution is 6.17. The van der Waals surface area contributed by atoms with Gasteiger partial charge in [0.25, 0.3) is 0 Å². The van der Waals surface area contributed by atoms with E-state index in [4.69, 9.17) is 29.7 Å². The number of amidine groups is 1. The molecule has 38 heavy (non-hydrogen) atoms. The highest BCUT2D eigenvalue weighted by Crippen LogP contribution is 2.40. The van der Waals surface area contributed by atoms with E-state index in [0.29, 0.717) is 49.0 Å². The fourth-order valence-corrected chi connectivity index (χ4v) is 4.78. The summed E-state index contributed by atoms with van der Waals surface area (Å²) in [6.07, 6.45) is 2.36. The average Bonchev–Trinajstić information content (AvgIpc) is 2.87. The van der Waals surface area contributed by atoms with Crippen molar-refractivity contribution in [3.63, 3.8) is 0 Å². The van der Waals surface area contributed by atoms with Crippen LogP contribution in [0.4, 0.5) is 0 Å². The fourth-order valence-electron chi connectivity index (χ4n) is 4.78. The summed E-state index contributed by atoms with van der Waals surface area (Å²) >= 11 is 0. The highest BCUT2D eigenvalue weighted by Gasteiger charge is 2.35. The molecule has 0 aliphatic carbocycles. The Morgan fingerprint density at radius 1 is 1.16 bits per heavy atom. The first-order valence-electron chi connectivity index (χ1n) is 13.5. The van der Waals surface area contributed by atoms with Crippen molar-refractivity contribution < 1.29 is 24.1 Å². The number of aliphatic hydroxyl groups excluding tert-OH is 1. The molecule has 9 heteroatoms. The molecule has 0 aromatic heterocycles. The number of aliphatic imine (C=N–C) groups is 1. The number of nitrogens with one attached hydrogen (secondary N) is 1. The van der Waals surface area contributed by atoms with Gasteiger partial charge in [0.2, 0.25) is 5.90 Å². The van der Waals surface area contributed by atoms with Gasteiger partial charge in [-0.2, -0.15) is 5.10 Å². The molecule has 0 saturated heterocycles. The average molecular weight is 527 g/mol. The Kier molecular flexibility index (Phi) is 9.71. The maximum absolute atomic E-state index is 13.6. The van der Waals surface area contributed by atoms with Crippen LogP contribution in [-0.2, 0) is 10.2 Å². The molecule has 0 amide bonds. The number of Topliss-reactive ketones (excluding diaryl/α,β-unsaturated/α-hetero) is 1. The number of hydrogen-bond donors (Lipinski definition) is 2. The predicted octanol–water partition coefficient (Wildman–Crippen LogP) is 4.91. The van der Waals surface area contributed by atoms with Crippen LogP contribution >= 0.6 is 0 Å². The zero-order valence-corrected chi connectivity index (χ0v) is 23.8. The van der Waals surface area contributed by atoms with Crippen molar-refractivity contribution in [1.82, 2.24) is 5.01 Å². The number of aliphatic hydroxyl groups is 1. The molecule has 1 aromatic rings. The van der Waals surface area contributed by atoms with Crippen molar-refractivity contribution in [3.8, 4) is 11.5 Å². The van der Waals surface area contributed by atoms with Gasteiger partial charge in [0.15, 0.2) is 17.3 Å². The van der Waals surface area contributed by atoms with Gasteiger partial charge < -0.3 is 19.3 Å². The summed E-state index contributed by atoms with van der Waals surface area (Å²) in [4.78, 5) is 18.4. The number of benzene rings is 1. The van der Waals surface area contributed by atoms with E-state index in [9.17, 15) is 9.90 Å². The summed E-state index contributed by atoms with van der Waals surface area (Å²) in [6, 6.07) is 3.25. The molecule has 0 spiro atoms. The Hall–Kier alpha value is -3.20. The van der Waals surface area contributed by atoms with Gasteiger partial charge in [0.1, 0.15) is 18.4 Å². The third kappa shape index (κ3) is 6.26. The summed E-state index contributed by atoms with van der Waals surface area (Å²) in [5.41, 5.74) is 3.94. The molecule has 2 aliphatic heterocycles. The largest absolute Gasteiger partial charge is 0.493 e. The molecule has 9 nitrogen and oxygen atoms in total. The van der Waals surface area contributed by atoms with Gasteiger partial charge in [-0.25, -0.2) is 10.0 Å². The molecule has 3 rings (SSSR count). The maximum Gasteiger partial charge on any atom is 0.212 e. The van der Waals surface area contributed by atoms with Crippen LogP contribution in [0.1, 0.15) is 83.1 Å². The van der Waals surface area contributed by atoms with Gasteiger partial charge in [-0.05, 0) is 42.9 Å². The summed E-state index contributed by atoms with van der Waals surface area (Å²) in [7, 11) is 1.58. The summed E-state index contributed by atoms with van der Waals surface area (Å²) in [5, 5.41) is 24.1. The smallest absolute Gasteiger partial charge is 0.212 e. The number of dihydropyridines is 1. The normalized spacial score (nSPS) is 17.6. The van der Waals surface area contributed by atoms with E-state index < -0.39 is 0 Å². The van der Waals surface area contributed by atoms with Crippen LogP contribution in [0.3, 0.4) is 0 Å². The first kappa shape index (κ1) is 29.4. The second-order valence-corrected chi connectivity index (χ2v) is 10.4. The minimum absolute atomic E-state index is 0.00944. The quantitative estimate of drug-likeness (QED) is 0.313. The summed E-state index contributed by atoms with van der Waals surface area (Å²) in [5.74, 6) is 1.76. The molecule has 0 saturated carbocycles. The number of hydrogen-bond acceptors (Lipinski definition) is 8. The molecule has 2 N–H and O–H groups in total. The Morgan fingerprint density at radius 3 is 2.45 bits per heavy atom. The van der Waals surface area contributed by atoms with Gasteiger partial charge in [-0.1, -0.05) is 34.6 Å². The van der Waals surface area contributed by atoms with Crippen LogP contribution in [0.15, 0.2) is 33.4 Å². The number of rotatable bonds is 11. The second kappa shape index (κ2) is 12.6. The fraction of sp³-hybridized carbons (Fsp3) is 0.586. The van der Waals surface area contributed by atoms with E-state index >= 15 is 0 Å². The predicted molar refractivity (Wildman–Crippen MR) is 150 cm³/mol. The van der Waals surface area contributed by atoms with E-state index in [-0.39, 0.29) is 36.2 Å². The highest BCUT2D eigenvalue weighted by atomic mass is 16.5. The number of ketones is 1. The first-order chi connectivity index (χ1) is 18.1. The number of ether oxygens (including phenoxy) is 3. The molecule has 2 aliphatic rings. The molecule has 0 radical (unpaired) electrons. The maximum atomic E-state index is 13.6. The molecule has 0 bridgehead atoms. The molecular formula is C29H42N4O5. The van der Waals surface area contributed by atoms with Gasteiger partial charge in [0.05, 0.1) is 26.0 Å². The lowest BCUT2D eigenvalue weighted by molar-refractivity contribution is 0.0961. The number of carbonyl (C=O) groups excluding carboxylic acids is 1. The number of carbonyl (C=O) groups is 1. The van der Waals surface area contributed by atoms with E-state index in [1.807, 2.05) is 33.8 Å². The van der Waals surface area contributed by atoms with Crippen LogP contribution in [0.2, 0.25) is 0 Å². The molecule has 0 fully saturated rings. The Morgan fingerprint density at radius 2 is 1.87 bits per heavy atom. The molecule has 1 atom stereocenters. The zero-order valence-electron chi connectivity index (χ0n) is 23.8. The monoisotopic (exact) mass is 526 g/mol. The van der Waals surface area contributed by atoms with Crippen LogP contribution in [0, 0.1) is 5.41 Å². The van der Waals surface area contributed by atoms with Crippen LogP contribution in [0.5, 0.6) is 11.5 Å². The topological polar surface area (TPSA) is 117 Å². The first-order valence-corrected chi connectivity index (χ1v) is 13.5. The van der Waals surface area contributed by atoms with Gasteiger partial charge in [-0.15, -0.1) is 0 Å². The van der Waals surface area contributed by atoms with Crippen molar-refractivity contribution >= 4 is 23.2 Å². The molecule has 1 unspecified atom stereocenters. The van der Waals surface area contributed by atoms with Crippen molar-refractivity contribution in [1.29, 1.82) is 5.41 Å². The SMILES string of the molecule is CCOC1=NC2CC(=N)N(CC(=O)c3cc(OCCCO)c(OC)c(C(C)(C)C)c3)N=C2C(CC)=C1CC. The standard InChI is InChI=1S/C29H42N4O5/c1-8-19-20(9-2)28(37-10-3)31-22-16-25(30)33(32-26(19)22)17-23(35)18-14-21(29(4,5)6)27(36-7)24(15-18)38-13-11-12-34/h14-15,22,30,34H,8-13,16-17H2,1-7H3. The lowest BCUT2D eigenvalue weighted by Crippen LogP contribution is -2.44. The molecule has 208 valence electrons. The number of methoxy groups -OCH3 is 1. The molecular weight excluding hydrogens is 484 g/mol. The lowest BCUT2D eigenvalue weighted by atomic mass is 9.84. The number of hydrazone groups is 1. The Balaban J connectivity index is 1.97. The summed E-state index contributed by atoms with van der Waals surface area (Å²) < 4.78 is 17.4. The molecule has 1 aromatic carbocycles. The van der Waals surface area contributed by atoms with Gasteiger partial charge in [-0.3, -0.25) is 10.2 Å². The van der Waals surface area contributed by atoms with Crippen LogP contribution < -0.4 is 9.47 Å². The zero-order chi connectivity index (χ0) is 28.0. The Labute approximate surface area is 226 Å². The Bertz CT molecular complexity index is 1150. The van der Waals surface area contributed by atoms with Crippen molar-refractivity contribution in [2.75, 3.05) is 33.5 Å². The van der Waals surface area contributed by atoms with E-state index in [2.05, 4.69) is 13.8 Å². The van der Waals surface area contributed by atoms with Crippen LogP contribution in [0.25, 0.3) is 0 Å². The third-order valence-electron chi connectivity index (χ3n) is 6.68. The molecule has 2 heterocycles. The summed E-state index contributed by atoms with van der Waals surface area (Å²) in [6.45, 7) is 13.0. The van der Waals surface area contributed by atoms with Crippen molar-refractivity contribution in [2.24, 2.45) is 10.1 Å². The van der Waals surface area contributed by atoms with Gasteiger partial charge >= 0.3 is 0 Å². The third-order valence-corrected chi connectivity index (χ3v) is 6.68. The van der Waals surface area contributed by atoms with Crippen LogP contribution in [-0.4, -0.2) is 72.9 Å². The van der Waals surface area contributed by atoms with E-state index in [0.717, 1.165) is 35.3 Å². The van der Waals surface area contributed by atoms with Crippen molar-refractivity contribution in [2.45, 2.75) is 78.7 Å². The lowest BCUT2D eigenvalue weighted by Gasteiger charge is -2.34.